The van der Waals surface area contributed by atoms with Crippen LogP contribution in [0.5, 0.6) is 11.5 Å². The number of carbonyl (C=O) groups excluding carboxylic acids is 1. The van der Waals surface area contributed by atoms with Crippen LogP contribution >= 0.6 is 0 Å². The maximum atomic E-state index is 12.4. The van der Waals surface area contributed by atoms with Gasteiger partial charge in [-0.1, -0.05) is 18.2 Å². The zero-order chi connectivity index (χ0) is 21.0. The molecule has 0 aliphatic carbocycles. The highest BCUT2D eigenvalue weighted by Gasteiger charge is 2.14. The maximum Gasteiger partial charge on any atom is 0.261 e. The topological polar surface area (TPSA) is 130 Å². The van der Waals surface area contributed by atoms with Crippen molar-refractivity contribution >= 4 is 33.3 Å². The van der Waals surface area contributed by atoms with Crippen molar-refractivity contribution < 1.29 is 23.4 Å². The van der Waals surface area contributed by atoms with E-state index in [9.17, 15) is 23.4 Å². The van der Waals surface area contributed by atoms with Gasteiger partial charge >= 0.3 is 0 Å². The van der Waals surface area contributed by atoms with Gasteiger partial charge in [-0.3, -0.25) is 9.52 Å². The first-order valence-corrected chi connectivity index (χ1v) is 9.96. The molecule has 0 spiro atoms. The lowest BCUT2D eigenvalue weighted by Gasteiger charge is -2.09. The standard InChI is InChI=1S/C21H18N2O5S/c22-16-2-1-3-18(13-16)29(27,28)23-17-8-6-15(7-9-17)19(24)10-4-14-5-11-20(25)21(26)12-14/h1-13,23,25-26H,22H2/b10-4+. The molecule has 3 aromatic rings. The number of hydrogen-bond acceptors (Lipinski definition) is 6. The van der Waals surface area contributed by atoms with E-state index in [-0.39, 0.29) is 22.2 Å². The molecule has 0 radical (unpaired) electrons. The molecule has 5 N–H and O–H groups in total. The number of benzene rings is 3. The van der Waals surface area contributed by atoms with Gasteiger partial charge < -0.3 is 15.9 Å². The number of carbonyl (C=O) groups is 1. The Hall–Kier alpha value is -3.78. The average Bonchev–Trinajstić information content (AvgIpc) is 2.69. The second-order valence-corrected chi connectivity index (χ2v) is 7.88. The zero-order valence-corrected chi connectivity index (χ0v) is 15.9. The third-order valence-corrected chi connectivity index (χ3v) is 5.40. The highest BCUT2D eigenvalue weighted by atomic mass is 32.2. The smallest absolute Gasteiger partial charge is 0.261 e. The summed E-state index contributed by atoms with van der Waals surface area (Å²) in [6.45, 7) is 0. The fourth-order valence-electron chi connectivity index (χ4n) is 2.51. The van der Waals surface area contributed by atoms with Crippen LogP contribution in [0.2, 0.25) is 0 Å². The van der Waals surface area contributed by atoms with Crippen molar-refractivity contribution in [2.24, 2.45) is 0 Å². The number of phenolic OH excluding ortho intramolecular Hbond substituents is 2. The average molecular weight is 410 g/mol. The van der Waals surface area contributed by atoms with Crippen LogP contribution in [0.1, 0.15) is 15.9 Å². The molecule has 7 nitrogen and oxygen atoms in total. The summed E-state index contributed by atoms with van der Waals surface area (Å²) >= 11 is 0. The van der Waals surface area contributed by atoms with E-state index in [0.29, 0.717) is 22.5 Å². The lowest BCUT2D eigenvalue weighted by atomic mass is 10.1. The van der Waals surface area contributed by atoms with Gasteiger partial charge in [-0.2, -0.15) is 0 Å². The molecule has 3 rings (SSSR count). The van der Waals surface area contributed by atoms with Crippen LogP contribution in [-0.2, 0) is 10.0 Å². The summed E-state index contributed by atoms with van der Waals surface area (Å²) in [5.41, 5.74) is 7.16. The predicted octanol–water partition coefficient (Wildman–Crippen LogP) is 3.38. The second-order valence-electron chi connectivity index (χ2n) is 6.20. The van der Waals surface area contributed by atoms with Gasteiger partial charge in [-0.05, 0) is 66.2 Å². The highest BCUT2D eigenvalue weighted by Crippen LogP contribution is 2.25. The summed E-state index contributed by atoms with van der Waals surface area (Å²) < 4.78 is 27.2. The molecule has 0 amide bonds. The largest absolute Gasteiger partial charge is 0.504 e. The van der Waals surface area contributed by atoms with Crippen molar-refractivity contribution in [3.8, 4) is 11.5 Å². The van der Waals surface area contributed by atoms with Crippen LogP contribution in [-0.4, -0.2) is 24.4 Å². The number of nitrogens with two attached hydrogens (primary N) is 1. The van der Waals surface area contributed by atoms with Gasteiger partial charge in [-0.25, -0.2) is 8.42 Å². The quantitative estimate of drug-likeness (QED) is 0.213. The molecule has 0 unspecified atom stereocenters. The minimum Gasteiger partial charge on any atom is -0.504 e. The third-order valence-electron chi connectivity index (χ3n) is 4.02. The Kier molecular flexibility index (Phi) is 5.56. The molecule has 3 aromatic carbocycles. The second kappa shape index (κ2) is 8.07. The van der Waals surface area contributed by atoms with E-state index in [1.165, 1.54) is 60.7 Å². The Morgan fingerprint density at radius 2 is 1.66 bits per heavy atom. The van der Waals surface area contributed by atoms with Crippen molar-refractivity contribution in [3.05, 3.63) is 83.9 Å². The molecule has 8 heteroatoms. The number of allylic oxidation sites excluding steroid dienone is 1. The molecule has 0 aliphatic heterocycles. The fraction of sp³-hybridized carbons (Fsp3) is 0. The number of nitrogen functional groups attached to an aromatic ring is 1. The van der Waals surface area contributed by atoms with E-state index < -0.39 is 10.0 Å². The Morgan fingerprint density at radius 1 is 0.931 bits per heavy atom. The van der Waals surface area contributed by atoms with E-state index in [4.69, 9.17) is 5.73 Å². The van der Waals surface area contributed by atoms with Gasteiger partial charge in [0.05, 0.1) is 4.90 Å². The molecule has 0 aliphatic rings. The maximum absolute atomic E-state index is 12.4. The minimum absolute atomic E-state index is 0.0396. The first-order chi connectivity index (χ1) is 13.7. The number of sulfonamides is 1. The van der Waals surface area contributed by atoms with Gasteiger partial charge in [-0.15, -0.1) is 0 Å². The first kappa shape index (κ1) is 20.0. The van der Waals surface area contributed by atoms with E-state index in [0.717, 1.165) is 0 Å². The molecule has 29 heavy (non-hydrogen) atoms. The lowest BCUT2D eigenvalue weighted by Crippen LogP contribution is -2.13. The zero-order valence-electron chi connectivity index (χ0n) is 15.1. The SMILES string of the molecule is Nc1cccc(S(=O)(=O)Nc2ccc(C(=O)/C=C/c3ccc(O)c(O)c3)cc2)c1. The van der Waals surface area contributed by atoms with E-state index in [1.807, 2.05) is 0 Å². The molecule has 0 fully saturated rings. The first-order valence-electron chi connectivity index (χ1n) is 8.47. The summed E-state index contributed by atoms with van der Waals surface area (Å²) in [7, 11) is -3.80. The van der Waals surface area contributed by atoms with E-state index in [2.05, 4.69) is 4.72 Å². The molecule has 0 atom stereocenters. The molecular weight excluding hydrogens is 392 g/mol. The number of hydrogen-bond donors (Lipinski definition) is 4. The number of phenols is 2. The van der Waals surface area contributed by atoms with Crippen LogP contribution < -0.4 is 10.5 Å². The van der Waals surface area contributed by atoms with Crippen molar-refractivity contribution in [1.82, 2.24) is 0 Å². The van der Waals surface area contributed by atoms with Crippen molar-refractivity contribution in [2.75, 3.05) is 10.5 Å². The van der Waals surface area contributed by atoms with Crippen LogP contribution in [0, 0.1) is 0 Å². The van der Waals surface area contributed by atoms with Gasteiger partial charge in [0.15, 0.2) is 17.3 Å². The monoisotopic (exact) mass is 410 g/mol. The van der Waals surface area contributed by atoms with Gasteiger partial charge in [0, 0.05) is 16.9 Å². The Bertz CT molecular complexity index is 1190. The number of nitrogens with one attached hydrogen (secondary N) is 1. The van der Waals surface area contributed by atoms with Crippen molar-refractivity contribution in [1.29, 1.82) is 0 Å². The summed E-state index contributed by atoms with van der Waals surface area (Å²) in [6, 6.07) is 16.1. The van der Waals surface area contributed by atoms with Crippen molar-refractivity contribution in [3.63, 3.8) is 0 Å². The van der Waals surface area contributed by atoms with Crippen LogP contribution in [0.25, 0.3) is 6.08 Å². The minimum atomic E-state index is -3.80. The lowest BCUT2D eigenvalue weighted by molar-refractivity contribution is 0.104. The summed E-state index contributed by atoms with van der Waals surface area (Å²) in [5, 5.41) is 18.8. The van der Waals surface area contributed by atoms with Gasteiger partial charge in [0.1, 0.15) is 0 Å². The molecule has 0 aromatic heterocycles. The van der Waals surface area contributed by atoms with E-state index >= 15 is 0 Å². The highest BCUT2D eigenvalue weighted by molar-refractivity contribution is 7.92. The van der Waals surface area contributed by atoms with Gasteiger partial charge in [0.25, 0.3) is 10.0 Å². The molecule has 0 saturated heterocycles. The van der Waals surface area contributed by atoms with Crippen molar-refractivity contribution in [2.45, 2.75) is 4.90 Å². The summed E-state index contributed by atoms with van der Waals surface area (Å²) in [4.78, 5) is 12.3. The third kappa shape index (κ3) is 4.94. The molecule has 0 bridgehead atoms. The summed E-state index contributed by atoms with van der Waals surface area (Å²) in [5.74, 6) is -0.830. The van der Waals surface area contributed by atoms with Crippen LogP contribution in [0.15, 0.2) is 77.7 Å². The number of rotatable bonds is 6. The Labute approximate surface area is 167 Å². The molecule has 148 valence electrons. The number of ketones is 1. The van der Waals surface area contributed by atoms with Crippen LogP contribution in [0.4, 0.5) is 11.4 Å². The normalized spacial score (nSPS) is 11.4. The van der Waals surface area contributed by atoms with Gasteiger partial charge in [0.2, 0.25) is 0 Å². The number of aromatic hydroxyl groups is 2. The summed E-state index contributed by atoms with van der Waals surface area (Å²) in [6.07, 6.45) is 2.82. The van der Waals surface area contributed by atoms with Crippen LogP contribution in [0.3, 0.4) is 0 Å². The molecule has 0 saturated carbocycles. The number of anilines is 2. The Morgan fingerprint density at radius 3 is 2.31 bits per heavy atom. The predicted molar refractivity (Wildman–Crippen MR) is 111 cm³/mol. The van der Waals surface area contributed by atoms with E-state index in [1.54, 1.807) is 18.2 Å². The molecular formula is C21H18N2O5S. The fourth-order valence-corrected chi connectivity index (χ4v) is 3.62. The molecule has 0 heterocycles. The Balaban J connectivity index is 1.71.